The number of hydrogen-bond donors (Lipinski definition) is 0. The summed E-state index contributed by atoms with van der Waals surface area (Å²) in [7, 11) is 0. The van der Waals surface area contributed by atoms with Crippen molar-refractivity contribution in [2.75, 3.05) is 13.2 Å². The van der Waals surface area contributed by atoms with Crippen LogP contribution < -0.4 is 9.47 Å². The zero-order valence-electron chi connectivity index (χ0n) is 11.1. The molecule has 0 fully saturated rings. The predicted octanol–water partition coefficient (Wildman–Crippen LogP) is 4.34. The fraction of sp³-hybridized carbons (Fsp3) is 0.176. The number of fused-ring (bicyclic) bond motifs is 4. The van der Waals surface area contributed by atoms with Gasteiger partial charge >= 0.3 is 0 Å². The van der Waals surface area contributed by atoms with E-state index in [1.54, 1.807) is 0 Å². The molecule has 0 aromatic heterocycles. The van der Waals surface area contributed by atoms with E-state index in [4.69, 9.17) is 21.1 Å². The molecular weight excluding hydrogens is 272 g/mol. The van der Waals surface area contributed by atoms with E-state index in [1.165, 1.54) is 16.7 Å². The summed E-state index contributed by atoms with van der Waals surface area (Å²) >= 11 is 6.02. The second kappa shape index (κ2) is 4.29. The van der Waals surface area contributed by atoms with Crippen LogP contribution in [-0.4, -0.2) is 13.2 Å². The normalized spacial score (nSPS) is 15.7. The molecule has 100 valence electrons. The number of benzene rings is 2. The van der Waals surface area contributed by atoms with Crippen molar-refractivity contribution in [2.45, 2.75) is 6.92 Å². The van der Waals surface area contributed by atoms with Gasteiger partial charge in [-0.05, 0) is 36.8 Å². The molecule has 0 bridgehead atoms. The average molecular weight is 285 g/mol. The predicted molar refractivity (Wildman–Crippen MR) is 80.4 cm³/mol. The number of aryl methyl sites for hydroxylation is 1. The van der Waals surface area contributed by atoms with Crippen molar-refractivity contribution in [3.8, 4) is 11.5 Å². The van der Waals surface area contributed by atoms with Crippen LogP contribution in [0.2, 0.25) is 5.02 Å². The molecule has 0 aliphatic carbocycles. The van der Waals surface area contributed by atoms with Crippen LogP contribution in [0.5, 0.6) is 11.5 Å². The van der Waals surface area contributed by atoms with Gasteiger partial charge in [0, 0.05) is 27.3 Å². The van der Waals surface area contributed by atoms with Gasteiger partial charge in [-0.15, -0.1) is 0 Å². The fourth-order valence-electron chi connectivity index (χ4n) is 2.82. The highest BCUT2D eigenvalue weighted by atomic mass is 35.5. The maximum absolute atomic E-state index is 6.02. The van der Waals surface area contributed by atoms with E-state index < -0.39 is 0 Å². The molecule has 0 N–H and O–H groups in total. The third-order valence-corrected chi connectivity index (χ3v) is 4.07. The monoisotopic (exact) mass is 284 g/mol. The van der Waals surface area contributed by atoms with Crippen molar-refractivity contribution < 1.29 is 9.47 Å². The Morgan fingerprint density at radius 3 is 2.15 bits per heavy atom. The van der Waals surface area contributed by atoms with E-state index in [1.807, 2.05) is 18.2 Å². The molecule has 0 spiro atoms. The van der Waals surface area contributed by atoms with Gasteiger partial charge in [-0.3, -0.25) is 0 Å². The second-order valence-corrected chi connectivity index (χ2v) is 5.61. The standard InChI is InChI=1S/C17H13ClO2/c1-10-2-4-12-14-9-20-17-7-11(18)3-5-13(17)15(14)8-19-16(12)6-10/h2-7H,8-9H2,1H3. The van der Waals surface area contributed by atoms with Crippen LogP contribution in [0.4, 0.5) is 0 Å². The molecule has 4 rings (SSSR count). The molecule has 3 heteroatoms. The molecule has 2 aliphatic rings. The highest BCUT2D eigenvalue weighted by Crippen LogP contribution is 2.43. The molecule has 2 aliphatic heterocycles. The molecule has 2 heterocycles. The van der Waals surface area contributed by atoms with E-state index >= 15 is 0 Å². The van der Waals surface area contributed by atoms with Crippen molar-refractivity contribution in [2.24, 2.45) is 0 Å². The van der Waals surface area contributed by atoms with E-state index in [-0.39, 0.29) is 0 Å². The molecule has 2 aromatic carbocycles. The number of hydrogen-bond acceptors (Lipinski definition) is 2. The lowest BCUT2D eigenvalue weighted by Gasteiger charge is -2.29. The van der Waals surface area contributed by atoms with Gasteiger partial charge in [0.25, 0.3) is 0 Å². The van der Waals surface area contributed by atoms with Gasteiger partial charge in [0.2, 0.25) is 0 Å². The van der Waals surface area contributed by atoms with Crippen LogP contribution in [0.1, 0.15) is 16.7 Å². The van der Waals surface area contributed by atoms with Gasteiger partial charge in [0.05, 0.1) is 0 Å². The summed E-state index contributed by atoms with van der Waals surface area (Å²) in [6.45, 7) is 3.23. The van der Waals surface area contributed by atoms with Crippen LogP contribution in [0.25, 0.3) is 11.1 Å². The van der Waals surface area contributed by atoms with E-state index in [0.29, 0.717) is 18.2 Å². The summed E-state index contributed by atoms with van der Waals surface area (Å²) in [6, 6.07) is 12.1. The molecular formula is C17H13ClO2. The topological polar surface area (TPSA) is 18.5 Å². The summed E-state index contributed by atoms with van der Waals surface area (Å²) in [5.41, 5.74) is 5.86. The van der Waals surface area contributed by atoms with Gasteiger partial charge in [0.1, 0.15) is 24.7 Å². The largest absolute Gasteiger partial charge is 0.488 e. The Morgan fingerprint density at radius 1 is 0.850 bits per heavy atom. The quantitative estimate of drug-likeness (QED) is 0.716. The molecule has 0 amide bonds. The zero-order valence-corrected chi connectivity index (χ0v) is 11.8. The van der Waals surface area contributed by atoms with Crippen molar-refractivity contribution in [1.82, 2.24) is 0 Å². The summed E-state index contributed by atoms with van der Waals surface area (Å²) in [4.78, 5) is 0. The Morgan fingerprint density at radius 2 is 1.45 bits per heavy atom. The Balaban J connectivity index is 1.91. The Labute approximate surface area is 122 Å². The molecule has 0 saturated carbocycles. The Kier molecular flexibility index (Phi) is 2.54. The highest BCUT2D eigenvalue weighted by molar-refractivity contribution is 6.30. The van der Waals surface area contributed by atoms with Crippen LogP contribution in [0.3, 0.4) is 0 Å². The molecule has 0 unspecified atom stereocenters. The summed E-state index contributed by atoms with van der Waals surface area (Å²) in [5, 5.41) is 0.695. The first-order valence-electron chi connectivity index (χ1n) is 6.61. The highest BCUT2D eigenvalue weighted by Gasteiger charge is 2.27. The van der Waals surface area contributed by atoms with Crippen molar-refractivity contribution >= 4 is 22.7 Å². The first-order valence-corrected chi connectivity index (χ1v) is 6.99. The summed E-state index contributed by atoms with van der Waals surface area (Å²) in [5.74, 6) is 1.79. The van der Waals surface area contributed by atoms with Gasteiger partial charge < -0.3 is 9.47 Å². The summed E-state index contributed by atoms with van der Waals surface area (Å²) < 4.78 is 11.8. The molecule has 20 heavy (non-hydrogen) atoms. The molecule has 2 nitrogen and oxygen atoms in total. The number of halogens is 1. The maximum atomic E-state index is 6.02. The first-order chi connectivity index (χ1) is 9.72. The molecule has 0 saturated heterocycles. The van der Waals surface area contributed by atoms with Crippen LogP contribution in [0.15, 0.2) is 36.4 Å². The van der Waals surface area contributed by atoms with Crippen LogP contribution >= 0.6 is 11.6 Å². The van der Waals surface area contributed by atoms with Gasteiger partial charge in [-0.25, -0.2) is 0 Å². The lowest BCUT2D eigenvalue weighted by molar-refractivity contribution is 0.337. The number of ether oxygens (including phenoxy) is 2. The lowest BCUT2D eigenvalue weighted by Crippen LogP contribution is -2.19. The smallest absolute Gasteiger partial charge is 0.128 e. The minimum atomic E-state index is 0.572. The van der Waals surface area contributed by atoms with E-state index in [2.05, 4.69) is 25.1 Å². The second-order valence-electron chi connectivity index (χ2n) is 5.17. The minimum absolute atomic E-state index is 0.572. The van der Waals surface area contributed by atoms with Gasteiger partial charge in [0.15, 0.2) is 0 Å². The van der Waals surface area contributed by atoms with Crippen LogP contribution in [0, 0.1) is 6.92 Å². The van der Waals surface area contributed by atoms with Gasteiger partial charge in [-0.2, -0.15) is 0 Å². The first kappa shape index (κ1) is 11.9. The molecule has 0 atom stereocenters. The van der Waals surface area contributed by atoms with E-state index in [0.717, 1.165) is 22.6 Å². The van der Waals surface area contributed by atoms with Crippen molar-refractivity contribution in [3.05, 3.63) is 58.1 Å². The van der Waals surface area contributed by atoms with E-state index in [9.17, 15) is 0 Å². The third kappa shape index (κ3) is 1.72. The third-order valence-electron chi connectivity index (χ3n) is 3.84. The molecule has 0 radical (unpaired) electrons. The lowest BCUT2D eigenvalue weighted by atomic mass is 9.90. The molecule has 2 aromatic rings. The van der Waals surface area contributed by atoms with Crippen molar-refractivity contribution in [1.29, 1.82) is 0 Å². The summed E-state index contributed by atoms with van der Waals surface area (Å²) in [6.07, 6.45) is 0. The van der Waals surface area contributed by atoms with Crippen LogP contribution in [-0.2, 0) is 0 Å². The Bertz CT molecular complexity index is 683. The fourth-order valence-corrected chi connectivity index (χ4v) is 2.98. The van der Waals surface area contributed by atoms with Gasteiger partial charge in [-0.1, -0.05) is 23.7 Å². The number of rotatable bonds is 0. The Hall–Kier alpha value is -1.93. The average Bonchev–Trinajstić information content (AvgIpc) is 2.45. The SMILES string of the molecule is Cc1ccc2c(c1)OCC1=C2COc2cc(Cl)ccc21. The zero-order chi connectivity index (χ0) is 13.7. The van der Waals surface area contributed by atoms with Crippen molar-refractivity contribution in [3.63, 3.8) is 0 Å². The minimum Gasteiger partial charge on any atom is -0.488 e. The maximum Gasteiger partial charge on any atom is 0.128 e.